The van der Waals surface area contributed by atoms with Crippen LogP contribution >= 0.6 is 46.4 Å². The molecule has 0 aliphatic carbocycles. The summed E-state index contributed by atoms with van der Waals surface area (Å²) in [6.07, 6.45) is 2.28. The summed E-state index contributed by atoms with van der Waals surface area (Å²) < 4.78 is 0. The molecule has 0 heterocycles. The van der Waals surface area contributed by atoms with E-state index in [0.29, 0.717) is 32.2 Å². The number of halogens is 4. The molecule has 23 heavy (non-hydrogen) atoms. The van der Waals surface area contributed by atoms with E-state index in [1.165, 1.54) is 0 Å². The fourth-order valence-electron chi connectivity index (χ4n) is 1.94. The fraction of sp³-hybridized carbons (Fsp3) is 0.235. The second-order valence-electron chi connectivity index (χ2n) is 5.10. The van der Waals surface area contributed by atoms with Crippen LogP contribution in [0.25, 0.3) is 0 Å². The van der Waals surface area contributed by atoms with E-state index >= 15 is 0 Å². The van der Waals surface area contributed by atoms with Crippen molar-refractivity contribution >= 4 is 58.4 Å². The highest BCUT2D eigenvalue weighted by Gasteiger charge is 2.11. The molecule has 0 saturated carbocycles. The van der Waals surface area contributed by atoms with Crippen molar-refractivity contribution in [2.45, 2.75) is 13.3 Å². The summed E-state index contributed by atoms with van der Waals surface area (Å²) in [6, 6.07) is 9.11. The normalized spacial score (nSPS) is 11.2. The number of benzene rings is 2. The summed E-state index contributed by atoms with van der Waals surface area (Å²) >= 11 is 25.0. The lowest BCUT2D eigenvalue weighted by Gasteiger charge is -2.11. The van der Waals surface area contributed by atoms with Crippen LogP contribution in [0.1, 0.15) is 18.1 Å². The van der Waals surface area contributed by atoms with Gasteiger partial charge in [0.25, 0.3) is 0 Å². The third kappa shape index (κ3) is 4.77. The van der Waals surface area contributed by atoms with Gasteiger partial charge in [0.1, 0.15) is 0 Å². The van der Waals surface area contributed by atoms with Crippen molar-refractivity contribution in [3.05, 3.63) is 61.5 Å². The average Bonchev–Trinajstić information content (AvgIpc) is 2.53. The van der Waals surface area contributed by atoms with Gasteiger partial charge < -0.3 is 4.90 Å². The number of hydrogen-bond acceptors (Lipinski definition) is 1. The molecule has 0 aliphatic rings. The molecule has 0 atom stereocenters. The van der Waals surface area contributed by atoms with Crippen molar-refractivity contribution in [2.24, 2.45) is 4.99 Å². The standard InChI is InChI=1S/C17H16Cl4N2/c1-3-23(2)10-22-16-9-14(19)12(8-15(16)20)7-11-5-4-6-13(18)17(11)21/h4-6,8-10H,3,7H2,1-2H3/b22-10-. The van der Waals surface area contributed by atoms with Gasteiger partial charge >= 0.3 is 0 Å². The van der Waals surface area contributed by atoms with E-state index in [2.05, 4.69) is 4.99 Å². The van der Waals surface area contributed by atoms with E-state index in [4.69, 9.17) is 46.4 Å². The maximum atomic E-state index is 6.37. The zero-order valence-corrected chi connectivity index (χ0v) is 15.8. The first kappa shape index (κ1) is 18.4. The van der Waals surface area contributed by atoms with E-state index in [9.17, 15) is 0 Å². The number of rotatable bonds is 5. The van der Waals surface area contributed by atoms with Gasteiger partial charge in [-0.3, -0.25) is 0 Å². The smallest absolute Gasteiger partial charge is 0.0910 e. The molecule has 0 fully saturated rings. The molecule has 2 rings (SSSR count). The molecule has 2 nitrogen and oxygen atoms in total. The average molecular weight is 390 g/mol. The first-order chi connectivity index (χ1) is 10.9. The van der Waals surface area contributed by atoms with Gasteiger partial charge in [-0.1, -0.05) is 58.5 Å². The fourth-order valence-corrected chi connectivity index (χ4v) is 2.79. The molecular formula is C17H16Cl4N2. The Balaban J connectivity index is 2.30. The summed E-state index contributed by atoms with van der Waals surface area (Å²) in [5, 5.41) is 2.20. The van der Waals surface area contributed by atoms with Gasteiger partial charge in [0.2, 0.25) is 0 Å². The summed E-state index contributed by atoms with van der Waals surface area (Å²) in [7, 11) is 1.94. The van der Waals surface area contributed by atoms with Crippen LogP contribution in [0.5, 0.6) is 0 Å². The van der Waals surface area contributed by atoms with Crippen LogP contribution in [0.2, 0.25) is 20.1 Å². The molecule has 0 saturated heterocycles. The zero-order chi connectivity index (χ0) is 17.0. The van der Waals surface area contributed by atoms with Gasteiger partial charge in [0.15, 0.2) is 0 Å². The number of aliphatic imine (C=N–C) groups is 1. The van der Waals surface area contributed by atoms with Crippen molar-refractivity contribution in [2.75, 3.05) is 13.6 Å². The summed E-state index contributed by atoms with van der Waals surface area (Å²) in [4.78, 5) is 6.30. The maximum absolute atomic E-state index is 6.37. The van der Waals surface area contributed by atoms with Crippen LogP contribution in [-0.2, 0) is 6.42 Å². The minimum absolute atomic E-state index is 0.523. The van der Waals surface area contributed by atoms with Gasteiger partial charge in [-0.05, 0) is 36.2 Å². The Morgan fingerprint density at radius 2 is 1.74 bits per heavy atom. The minimum atomic E-state index is 0.523. The van der Waals surface area contributed by atoms with Crippen LogP contribution in [0.3, 0.4) is 0 Å². The molecule has 0 bridgehead atoms. The molecule has 0 amide bonds. The van der Waals surface area contributed by atoms with E-state index in [1.807, 2.05) is 37.1 Å². The first-order valence-electron chi connectivity index (χ1n) is 7.07. The van der Waals surface area contributed by atoms with E-state index in [1.54, 1.807) is 18.5 Å². The van der Waals surface area contributed by atoms with Crippen molar-refractivity contribution in [1.29, 1.82) is 0 Å². The molecule has 122 valence electrons. The Hall–Kier alpha value is -0.930. The number of hydrogen-bond donors (Lipinski definition) is 0. The number of nitrogens with zero attached hydrogens (tertiary/aromatic N) is 2. The lowest BCUT2D eigenvalue weighted by atomic mass is 10.0. The quantitative estimate of drug-likeness (QED) is 0.420. The minimum Gasteiger partial charge on any atom is -0.366 e. The van der Waals surface area contributed by atoms with Crippen molar-refractivity contribution < 1.29 is 0 Å². The lowest BCUT2D eigenvalue weighted by molar-refractivity contribution is 0.552. The SMILES string of the molecule is CCN(C)/C=N\c1cc(Cl)c(Cc2cccc(Cl)c2Cl)cc1Cl. The summed E-state index contributed by atoms with van der Waals surface area (Å²) in [6.45, 7) is 2.90. The highest BCUT2D eigenvalue weighted by atomic mass is 35.5. The van der Waals surface area contributed by atoms with E-state index < -0.39 is 0 Å². The Morgan fingerprint density at radius 3 is 2.43 bits per heavy atom. The molecule has 0 unspecified atom stereocenters. The molecule has 0 N–H and O–H groups in total. The largest absolute Gasteiger partial charge is 0.366 e. The van der Waals surface area contributed by atoms with Crippen LogP contribution in [0.4, 0.5) is 5.69 Å². The van der Waals surface area contributed by atoms with Crippen LogP contribution in [-0.4, -0.2) is 24.8 Å². The summed E-state index contributed by atoms with van der Waals surface area (Å²) in [5.41, 5.74) is 2.42. The highest BCUT2D eigenvalue weighted by Crippen LogP contribution is 2.34. The predicted molar refractivity (Wildman–Crippen MR) is 102 cm³/mol. The van der Waals surface area contributed by atoms with Crippen molar-refractivity contribution in [1.82, 2.24) is 4.90 Å². The molecule has 6 heteroatoms. The topological polar surface area (TPSA) is 15.6 Å². The van der Waals surface area contributed by atoms with Gasteiger partial charge in [-0.25, -0.2) is 4.99 Å². The molecule has 0 aromatic heterocycles. The Bertz CT molecular complexity index is 729. The Kier molecular flexibility index (Phi) is 6.60. The second-order valence-corrected chi connectivity index (χ2v) is 6.70. The van der Waals surface area contributed by atoms with Crippen LogP contribution in [0, 0.1) is 0 Å². The van der Waals surface area contributed by atoms with Gasteiger partial charge in [-0.2, -0.15) is 0 Å². The Labute approximate surface area is 156 Å². The summed E-state index contributed by atoms with van der Waals surface area (Å²) in [5.74, 6) is 0. The molecule has 0 aliphatic heterocycles. The van der Waals surface area contributed by atoms with E-state index in [0.717, 1.165) is 17.7 Å². The second kappa shape index (κ2) is 8.25. The molecule has 2 aromatic carbocycles. The Morgan fingerprint density at radius 1 is 1.00 bits per heavy atom. The third-order valence-electron chi connectivity index (χ3n) is 3.42. The molecule has 0 spiro atoms. The van der Waals surface area contributed by atoms with Crippen molar-refractivity contribution in [3.63, 3.8) is 0 Å². The van der Waals surface area contributed by atoms with Crippen molar-refractivity contribution in [3.8, 4) is 0 Å². The highest BCUT2D eigenvalue weighted by molar-refractivity contribution is 6.42. The zero-order valence-electron chi connectivity index (χ0n) is 12.8. The maximum Gasteiger partial charge on any atom is 0.0910 e. The first-order valence-corrected chi connectivity index (χ1v) is 8.58. The predicted octanol–water partition coefficient (Wildman–Crippen LogP) is 6.50. The van der Waals surface area contributed by atoms with Gasteiger partial charge in [0, 0.05) is 25.0 Å². The third-order valence-corrected chi connectivity index (χ3v) is 4.93. The van der Waals surface area contributed by atoms with Gasteiger partial charge in [-0.15, -0.1) is 0 Å². The van der Waals surface area contributed by atoms with E-state index in [-0.39, 0.29) is 0 Å². The molecule has 2 aromatic rings. The lowest BCUT2D eigenvalue weighted by Crippen LogP contribution is -2.14. The van der Waals surface area contributed by atoms with Crippen LogP contribution < -0.4 is 0 Å². The molecular weight excluding hydrogens is 374 g/mol. The monoisotopic (exact) mass is 388 g/mol. The van der Waals surface area contributed by atoms with Gasteiger partial charge in [0.05, 0.1) is 27.1 Å². The molecule has 0 radical (unpaired) electrons. The van der Waals surface area contributed by atoms with Crippen LogP contribution in [0.15, 0.2) is 35.3 Å².